The maximum absolute atomic E-state index is 13.7. The van der Waals surface area contributed by atoms with Gasteiger partial charge in [0.2, 0.25) is 0 Å². The number of rotatable bonds is 4. The summed E-state index contributed by atoms with van der Waals surface area (Å²) in [4.78, 5) is 35.0. The van der Waals surface area contributed by atoms with Gasteiger partial charge in [0.05, 0.1) is 18.4 Å². The van der Waals surface area contributed by atoms with Crippen LogP contribution in [0.2, 0.25) is 0 Å². The van der Waals surface area contributed by atoms with E-state index in [1.807, 2.05) is 5.32 Å². The lowest BCUT2D eigenvalue weighted by molar-refractivity contribution is -0.136. The molecule has 0 aliphatic carbocycles. The zero-order valence-electron chi connectivity index (χ0n) is 13.1. The molecule has 6 nitrogen and oxygen atoms in total. The van der Waals surface area contributed by atoms with Crippen LogP contribution in [0.5, 0.6) is 0 Å². The number of ether oxygens (including phenoxy) is 1. The number of esters is 1. The predicted octanol–water partition coefficient (Wildman–Crippen LogP) is 2.01. The van der Waals surface area contributed by atoms with E-state index in [2.05, 4.69) is 10.1 Å². The van der Waals surface area contributed by atoms with Crippen molar-refractivity contribution >= 4 is 23.5 Å². The van der Waals surface area contributed by atoms with E-state index in [4.69, 9.17) is 0 Å². The third-order valence-corrected chi connectivity index (χ3v) is 3.21. The first-order chi connectivity index (χ1) is 11.9. The van der Waals surface area contributed by atoms with Crippen molar-refractivity contribution in [2.75, 3.05) is 12.4 Å². The van der Waals surface area contributed by atoms with Gasteiger partial charge in [0.25, 0.3) is 0 Å². The van der Waals surface area contributed by atoms with E-state index in [1.165, 1.54) is 0 Å². The molecule has 25 heavy (non-hydrogen) atoms. The molecule has 0 saturated heterocycles. The normalized spacial score (nSPS) is 10.0. The summed E-state index contributed by atoms with van der Waals surface area (Å²) in [6.07, 6.45) is 0. The van der Waals surface area contributed by atoms with Crippen LogP contribution in [-0.4, -0.2) is 24.9 Å². The molecule has 2 aromatic carbocycles. The van der Waals surface area contributed by atoms with E-state index < -0.39 is 40.7 Å². The van der Waals surface area contributed by atoms with Crippen LogP contribution in [0.25, 0.3) is 0 Å². The van der Waals surface area contributed by atoms with Gasteiger partial charge in [-0.25, -0.2) is 13.6 Å². The Labute approximate surface area is 141 Å². The standard InChI is InChI=1S/C17H14F2N2O4/c1-25-17(24)11-7-14(13(19)8-12(11)18)21-16(23)15(22)20-9-10-5-3-2-4-6-10/h2-8H,9H2,1H3,(H,20,22)(H,21,23). The van der Waals surface area contributed by atoms with E-state index in [-0.39, 0.29) is 6.54 Å². The summed E-state index contributed by atoms with van der Waals surface area (Å²) in [5, 5.41) is 4.35. The molecular weight excluding hydrogens is 334 g/mol. The summed E-state index contributed by atoms with van der Waals surface area (Å²) in [6, 6.07) is 10.0. The molecule has 0 atom stereocenters. The van der Waals surface area contributed by atoms with Crippen LogP contribution < -0.4 is 10.6 Å². The highest BCUT2D eigenvalue weighted by Crippen LogP contribution is 2.20. The van der Waals surface area contributed by atoms with E-state index in [1.54, 1.807) is 30.3 Å². The molecule has 2 amide bonds. The van der Waals surface area contributed by atoms with Crippen molar-refractivity contribution in [3.8, 4) is 0 Å². The number of amides is 2. The first-order valence-corrected chi connectivity index (χ1v) is 7.13. The van der Waals surface area contributed by atoms with E-state index in [0.29, 0.717) is 6.07 Å². The molecule has 0 aromatic heterocycles. The van der Waals surface area contributed by atoms with Crippen molar-refractivity contribution in [3.05, 3.63) is 65.2 Å². The Bertz CT molecular complexity index is 810. The van der Waals surface area contributed by atoms with Crippen LogP contribution in [0.4, 0.5) is 14.5 Å². The number of hydrogen-bond acceptors (Lipinski definition) is 4. The molecule has 0 aliphatic rings. The average molecular weight is 348 g/mol. The molecule has 0 bridgehead atoms. The quantitative estimate of drug-likeness (QED) is 0.654. The van der Waals surface area contributed by atoms with Gasteiger partial charge >= 0.3 is 17.8 Å². The lowest BCUT2D eigenvalue weighted by atomic mass is 10.1. The van der Waals surface area contributed by atoms with Crippen molar-refractivity contribution < 1.29 is 27.9 Å². The molecule has 8 heteroatoms. The number of carbonyl (C=O) groups excluding carboxylic acids is 3. The van der Waals surface area contributed by atoms with Crippen molar-refractivity contribution in [2.24, 2.45) is 0 Å². The summed E-state index contributed by atoms with van der Waals surface area (Å²) >= 11 is 0. The Hall–Kier alpha value is -3.29. The molecule has 2 aromatic rings. The second-order valence-electron chi connectivity index (χ2n) is 4.93. The predicted molar refractivity (Wildman–Crippen MR) is 84.6 cm³/mol. The molecule has 2 N–H and O–H groups in total. The van der Waals surface area contributed by atoms with Crippen molar-refractivity contribution in [1.29, 1.82) is 0 Å². The van der Waals surface area contributed by atoms with Gasteiger partial charge in [-0.1, -0.05) is 30.3 Å². The highest BCUT2D eigenvalue weighted by Gasteiger charge is 2.20. The first kappa shape index (κ1) is 18.1. The first-order valence-electron chi connectivity index (χ1n) is 7.13. The lowest BCUT2D eigenvalue weighted by Gasteiger charge is -2.09. The van der Waals surface area contributed by atoms with Crippen molar-refractivity contribution in [3.63, 3.8) is 0 Å². The number of benzene rings is 2. The molecule has 0 aliphatic heterocycles. The van der Waals surface area contributed by atoms with Gasteiger partial charge in [0.15, 0.2) is 0 Å². The van der Waals surface area contributed by atoms with Crippen LogP contribution in [0.1, 0.15) is 15.9 Å². The molecule has 0 spiro atoms. The summed E-state index contributed by atoms with van der Waals surface area (Å²) in [5.74, 6) is -5.48. The van der Waals surface area contributed by atoms with E-state index in [0.717, 1.165) is 18.7 Å². The Balaban J connectivity index is 2.06. The number of methoxy groups -OCH3 is 1. The van der Waals surface area contributed by atoms with Gasteiger partial charge in [-0.3, -0.25) is 9.59 Å². The summed E-state index contributed by atoms with van der Waals surface area (Å²) in [6.45, 7) is 0.104. The fraction of sp³-hybridized carbons (Fsp3) is 0.118. The second kappa shape index (κ2) is 8.00. The Morgan fingerprint density at radius 2 is 1.68 bits per heavy atom. The minimum absolute atomic E-state index is 0.104. The summed E-state index contributed by atoms with van der Waals surface area (Å²) < 4.78 is 31.6. The zero-order valence-corrected chi connectivity index (χ0v) is 13.1. The lowest BCUT2D eigenvalue weighted by Crippen LogP contribution is -2.35. The number of nitrogens with one attached hydrogen (secondary N) is 2. The van der Waals surface area contributed by atoms with Crippen molar-refractivity contribution in [1.82, 2.24) is 5.32 Å². The Morgan fingerprint density at radius 1 is 1.00 bits per heavy atom. The number of halogens is 2. The monoisotopic (exact) mass is 348 g/mol. The number of carbonyl (C=O) groups is 3. The Kier molecular flexibility index (Phi) is 5.78. The maximum atomic E-state index is 13.7. The smallest absolute Gasteiger partial charge is 0.340 e. The van der Waals surface area contributed by atoms with Gasteiger partial charge < -0.3 is 15.4 Å². The number of anilines is 1. The van der Waals surface area contributed by atoms with Crippen LogP contribution >= 0.6 is 0 Å². The molecule has 0 fully saturated rings. The Morgan fingerprint density at radius 3 is 2.32 bits per heavy atom. The van der Waals surface area contributed by atoms with Gasteiger partial charge in [0.1, 0.15) is 11.6 Å². The minimum Gasteiger partial charge on any atom is -0.465 e. The number of hydrogen-bond donors (Lipinski definition) is 2. The van der Waals surface area contributed by atoms with Crippen LogP contribution in [0, 0.1) is 11.6 Å². The molecule has 0 heterocycles. The molecular formula is C17H14F2N2O4. The fourth-order valence-corrected chi connectivity index (χ4v) is 1.95. The molecule has 2 rings (SSSR count). The molecule has 0 unspecified atom stereocenters. The maximum Gasteiger partial charge on any atom is 0.340 e. The van der Waals surface area contributed by atoms with Gasteiger partial charge in [-0.05, 0) is 11.6 Å². The van der Waals surface area contributed by atoms with E-state index in [9.17, 15) is 23.2 Å². The molecule has 0 saturated carbocycles. The fourth-order valence-electron chi connectivity index (χ4n) is 1.95. The van der Waals surface area contributed by atoms with Crippen LogP contribution in [-0.2, 0) is 20.9 Å². The van der Waals surface area contributed by atoms with Crippen molar-refractivity contribution in [2.45, 2.75) is 6.54 Å². The topological polar surface area (TPSA) is 84.5 Å². The van der Waals surface area contributed by atoms with E-state index >= 15 is 0 Å². The third-order valence-electron chi connectivity index (χ3n) is 3.21. The SMILES string of the molecule is COC(=O)c1cc(NC(=O)C(=O)NCc2ccccc2)c(F)cc1F. The minimum atomic E-state index is -1.16. The highest BCUT2D eigenvalue weighted by molar-refractivity contribution is 6.39. The summed E-state index contributed by atoms with van der Waals surface area (Å²) in [7, 11) is 1.03. The highest BCUT2D eigenvalue weighted by atomic mass is 19.1. The molecule has 130 valence electrons. The summed E-state index contributed by atoms with van der Waals surface area (Å²) in [5.41, 5.74) is -0.310. The third kappa shape index (κ3) is 4.60. The zero-order chi connectivity index (χ0) is 18.4. The van der Waals surface area contributed by atoms with Crippen LogP contribution in [0.3, 0.4) is 0 Å². The van der Waals surface area contributed by atoms with Crippen LogP contribution in [0.15, 0.2) is 42.5 Å². The average Bonchev–Trinajstić information content (AvgIpc) is 2.62. The van der Waals surface area contributed by atoms with Gasteiger partial charge in [-0.2, -0.15) is 0 Å². The largest absolute Gasteiger partial charge is 0.465 e. The molecule has 0 radical (unpaired) electrons. The van der Waals surface area contributed by atoms with Gasteiger partial charge in [-0.15, -0.1) is 0 Å². The second-order valence-corrected chi connectivity index (χ2v) is 4.93. The van der Waals surface area contributed by atoms with Gasteiger partial charge in [0, 0.05) is 12.6 Å².